The summed E-state index contributed by atoms with van der Waals surface area (Å²) >= 11 is 12.6. The van der Waals surface area contributed by atoms with Crippen LogP contribution >= 0.6 is 34.7 Å². The van der Waals surface area contributed by atoms with Gasteiger partial charge in [0, 0.05) is 5.02 Å². The van der Waals surface area contributed by atoms with E-state index in [1.807, 2.05) is 0 Å². The second-order valence-corrected chi connectivity index (χ2v) is 5.35. The van der Waals surface area contributed by atoms with Gasteiger partial charge in [0.2, 0.25) is 0 Å². The zero-order valence-electron chi connectivity index (χ0n) is 9.98. The Bertz CT molecular complexity index is 702. The van der Waals surface area contributed by atoms with Crippen LogP contribution in [0.3, 0.4) is 0 Å². The quantitative estimate of drug-likeness (QED) is 0.901. The van der Waals surface area contributed by atoms with Crippen molar-refractivity contribution in [3.8, 4) is 0 Å². The zero-order chi connectivity index (χ0) is 14.9. The third-order valence-corrected chi connectivity index (χ3v) is 3.72. The van der Waals surface area contributed by atoms with Crippen LogP contribution in [-0.4, -0.2) is 26.6 Å². The number of amides is 1. The molecule has 1 aromatic carbocycles. The van der Waals surface area contributed by atoms with Gasteiger partial charge in [0.1, 0.15) is 4.88 Å². The topological polar surface area (TPSA) is 92.2 Å². The second kappa shape index (κ2) is 5.74. The Morgan fingerprint density at radius 1 is 1.35 bits per heavy atom. The van der Waals surface area contributed by atoms with E-state index in [4.69, 9.17) is 28.3 Å². The number of hydrogen-bond donors (Lipinski definition) is 2. The van der Waals surface area contributed by atoms with Crippen molar-refractivity contribution in [1.29, 1.82) is 0 Å². The molecule has 0 aliphatic carbocycles. The molecule has 0 aliphatic rings. The number of carboxylic acid groups (broad SMARTS) is 1. The number of carbonyl (C=O) groups excluding carboxylic acids is 1. The SMILES string of the molecule is Cc1nnsc1C(=O)Nc1c(Cl)cc(Cl)cc1C(=O)O. The van der Waals surface area contributed by atoms with Gasteiger partial charge in [-0.1, -0.05) is 27.7 Å². The summed E-state index contributed by atoms with van der Waals surface area (Å²) < 4.78 is 3.64. The maximum absolute atomic E-state index is 12.0. The van der Waals surface area contributed by atoms with Gasteiger partial charge in [-0.05, 0) is 30.6 Å². The molecule has 0 atom stereocenters. The van der Waals surface area contributed by atoms with Gasteiger partial charge in [-0.15, -0.1) is 5.10 Å². The summed E-state index contributed by atoms with van der Waals surface area (Å²) in [6.45, 7) is 1.62. The predicted octanol–water partition coefficient (Wildman–Crippen LogP) is 3.10. The van der Waals surface area contributed by atoms with Crippen LogP contribution in [0.1, 0.15) is 25.7 Å². The van der Waals surface area contributed by atoms with E-state index < -0.39 is 11.9 Å². The van der Waals surface area contributed by atoms with Crippen LogP contribution in [0.15, 0.2) is 12.1 Å². The number of halogens is 2. The van der Waals surface area contributed by atoms with Gasteiger partial charge in [-0.3, -0.25) is 4.79 Å². The van der Waals surface area contributed by atoms with Crippen LogP contribution in [-0.2, 0) is 0 Å². The largest absolute Gasteiger partial charge is 0.478 e. The Kier molecular flexibility index (Phi) is 4.22. The lowest BCUT2D eigenvalue weighted by atomic mass is 10.1. The fourth-order valence-corrected chi connectivity index (χ4v) is 2.57. The normalized spacial score (nSPS) is 10.3. The minimum absolute atomic E-state index is 0.0126. The Balaban J connectivity index is 2.41. The first-order chi connectivity index (χ1) is 9.40. The van der Waals surface area contributed by atoms with Gasteiger partial charge in [0.05, 0.1) is 22.0 Å². The van der Waals surface area contributed by atoms with Crippen molar-refractivity contribution in [3.63, 3.8) is 0 Å². The average molecular weight is 332 g/mol. The first-order valence-corrected chi connectivity index (χ1v) is 6.75. The molecular weight excluding hydrogens is 325 g/mol. The number of benzene rings is 1. The first-order valence-electron chi connectivity index (χ1n) is 5.22. The Morgan fingerprint density at radius 2 is 2.05 bits per heavy atom. The van der Waals surface area contributed by atoms with E-state index in [1.54, 1.807) is 6.92 Å². The number of anilines is 1. The van der Waals surface area contributed by atoms with Gasteiger partial charge < -0.3 is 10.4 Å². The van der Waals surface area contributed by atoms with Crippen molar-refractivity contribution in [3.05, 3.63) is 38.3 Å². The lowest BCUT2D eigenvalue weighted by molar-refractivity contribution is 0.0698. The van der Waals surface area contributed by atoms with Crippen LogP contribution < -0.4 is 5.32 Å². The van der Waals surface area contributed by atoms with Crippen molar-refractivity contribution in [2.45, 2.75) is 6.92 Å². The van der Waals surface area contributed by atoms with Crippen LogP contribution in [0.25, 0.3) is 0 Å². The molecule has 6 nitrogen and oxygen atoms in total. The summed E-state index contributed by atoms with van der Waals surface area (Å²) in [6.07, 6.45) is 0. The molecular formula is C11H7Cl2N3O3S. The van der Waals surface area contributed by atoms with E-state index >= 15 is 0 Å². The summed E-state index contributed by atoms with van der Waals surface area (Å²) in [5.74, 6) is -1.77. The fraction of sp³-hybridized carbons (Fsp3) is 0.0909. The highest BCUT2D eigenvalue weighted by Gasteiger charge is 2.20. The third-order valence-electron chi connectivity index (χ3n) is 2.38. The number of nitrogens with zero attached hydrogens (tertiary/aromatic N) is 2. The van der Waals surface area contributed by atoms with Crippen LogP contribution in [0.2, 0.25) is 10.0 Å². The van der Waals surface area contributed by atoms with Crippen LogP contribution in [0.5, 0.6) is 0 Å². The van der Waals surface area contributed by atoms with E-state index in [-0.39, 0.29) is 26.2 Å². The molecule has 0 saturated heterocycles. The summed E-state index contributed by atoms with van der Waals surface area (Å²) in [4.78, 5) is 23.5. The smallest absolute Gasteiger partial charge is 0.337 e. The minimum atomic E-state index is -1.25. The van der Waals surface area contributed by atoms with Crippen molar-refractivity contribution in [1.82, 2.24) is 9.59 Å². The van der Waals surface area contributed by atoms with E-state index in [0.717, 1.165) is 11.5 Å². The highest BCUT2D eigenvalue weighted by molar-refractivity contribution is 7.08. The third kappa shape index (κ3) is 2.90. The standard InChI is InChI=1S/C11H7Cl2N3O3S/c1-4-9(20-16-15-4)10(17)14-8-6(11(18)19)2-5(12)3-7(8)13/h2-3H,1H3,(H,14,17)(H,18,19). The molecule has 2 N–H and O–H groups in total. The summed E-state index contributed by atoms with van der Waals surface area (Å²) in [5, 5.41) is 15.5. The van der Waals surface area contributed by atoms with Gasteiger partial charge in [-0.2, -0.15) is 0 Å². The van der Waals surface area contributed by atoms with Gasteiger partial charge >= 0.3 is 5.97 Å². The Morgan fingerprint density at radius 3 is 2.60 bits per heavy atom. The molecule has 1 heterocycles. The highest BCUT2D eigenvalue weighted by atomic mass is 35.5. The van der Waals surface area contributed by atoms with Gasteiger partial charge in [0.15, 0.2) is 0 Å². The lowest BCUT2D eigenvalue weighted by Crippen LogP contribution is -2.15. The fourth-order valence-electron chi connectivity index (χ4n) is 1.48. The number of aromatic nitrogens is 2. The number of carbonyl (C=O) groups is 2. The summed E-state index contributed by atoms with van der Waals surface area (Å²) in [7, 11) is 0. The molecule has 0 bridgehead atoms. The van der Waals surface area contributed by atoms with Crippen molar-refractivity contribution < 1.29 is 14.7 Å². The number of carboxylic acids is 1. The minimum Gasteiger partial charge on any atom is -0.478 e. The maximum Gasteiger partial charge on any atom is 0.337 e. The Labute approximate surface area is 127 Å². The summed E-state index contributed by atoms with van der Waals surface area (Å²) in [5.41, 5.74) is 0.252. The molecule has 2 aromatic rings. The Hall–Kier alpha value is -1.70. The molecule has 0 radical (unpaired) electrons. The molecule has 20 heavy (non-hydrogen) atoms. The first kappa shape index (κ1) is 14.7. The molecule has 9 heteroatoms. The molecule has 0 spiro atoms. The van der Waals surface area contributed by atoms with Crippen molar-refractivity contribution >= 4 is 52.3 Å². The molecule has 0 saturated carbocycles. The zero-order valence-corrected chi connectivity index (χ0v) is 12.3. The summed E-state index contributed by atoms with van der Waals surface area (Å²) in [6, 6.07) is 2.56. The van der Waals surface area contributed by atoms with E-state index in [2.05, 4.69) is 14.9 Å². The number of hydrogen-bond acceptors (Lipinski definition) is 5. The molecule has 1 aromatic heterocycles. The van der Waals surface area contributed by atoms with E-state index in [1.165, 1.54) is 12.1 Å². The molecule has 1 amide bonds. The van der Waals surface area contributed by atoms with Gasteiger partial charge in [-0.25, -0.2) is 4.79 Å². The van der Waals surface area contributed by atoms with Crippen LogP contribution in [0.4, 0.5) is 5.69 Å². The molecule has 0 aliphatic heterocycles. The maximum atomic E-state index is 12.0. The molecule has 2 rings (SSSR count). The number of rotatable bonds is 3. The lowest BCUT2D eigenvalue weighted by Gasteiger charge is -2.10. The van der Waals surface area contributed by atoms with Crippen LogP contribution in [0, 0.1) is 6.92 Å². The second-order valence-electron chi connectivity index (χ2n) is 3.76. The average Bonchev–Trinajstić information content (AvgIpc) is 2.78. The van der Waals surface area contributed by atoms with E-state index in [9.17, 15) is 9.59 Å². The number of nitrogens with one attached hydrogen (secondary N) is 1. The highest BCUT2D eigenvalue weighted by Crippen LogP contribution is 2.31. The monoisotopic (exact) mass is 331 g/mol. The molecule has 104 valence electrons. The molecule has 0 unspecified atom stereocenters. The van der Waals surface area contributed by atoms with E-state index in [0.29, 0.717) is 5.69 Å². The number of aromatic carboxylic acids is 1. The number of aryl methyl sites for hydroxylation is 1. The molecule has 0 fully saturated rings. The van der Waals surface area contributed by atoms with Crippen molar-refractivity contribution in [2.75, 3.05) is 5.32 Å². The predicted molar refractivity (Wildman–Crippen MR) is 76.0 cm³/mol. The van der Waals surface area contributed by atoms with Crippen molar-refractivity contribution in [2.24, 2.45) is 0 Å². The van der Waals surface area contributed by atoms with Gasteiger partial charge in [0.25, 0.3) is 5.91 Å².